The number of aromatic nitrogens is 2. The van der Waals surface area contributed by atoms with E-state index < -0.39 is 5.82 Å². The number of halogens is 1. The van der Waals surface area contributed by atoms with E-state index in [0.717, 1.165) is 78.1 Å². The average molecular weight is 498 g/mol. The fraction of sp³-hybridized carbons (Fsp3) is 0.480. The van der Waals surface area contributed by atoms with Gasteiger partial charge in [-0.05, 0) is 37.4 Å². The van der Waals surface area contributed by atoms with Crippen LogP contribution in [-0.2, 0) is 0 Å². The highest BCUT2D eigenvalue weighted by atomic mass is 32.1. The summed E-state index contributed by atoms with van der Waals surface area (Å²) in [5, 5.41) is 2.17. The van der Waals surface area contributed by atoms with Crippen molar-refractivity contribution in [1.82, 2.24) is 19.8 Å². The summed E-state index contributed by atoms with van der Waals surface area (Å²) in [7, 11) is 5.63. The van der Waals surface area contributed by atoms with Crippen molar-refractivity contribution in [3.63, 3.8) is 0 Å². The smallest absolute Gasteiger partial charge is 0.263 e. The van der Waals surface area contributed by atoms with E-state index in [1.165, 1.54) is 22.4 Å². The lowest BCUT2D eigenvalue weighted by Gasteiger charge is -2.34. The minimum absolute atomic E-state index is 0.00598. The molecule has 5 rings (SSSR count). The van der Waals surface area contributed by atoms with Gasteiger partial charge >= 0.3 is 0 Å². The van der Waals surface area contributed by atoms with Gasteiger partial charge in [-0.25, -0.2) is 25.2 Å². The number of hydrogen-bond acceptors (Lipinski definition) is 8. The molecular weight excluding hydrogens is 465 g/mol. The molecule has 1 aliphatic heterocycles. The van der Waals surface area contributed by atoms with Gasteiger partial charge in [0.05, 0.1) is 21.5 Å². The van der Waals surface area contributed by atoms with E-state index in [1.807, 2.05) is 6.07 Å². The molecular formula is C25H32FN7OS. The number of carbonyl (C=O) groups is 1. The first-order chi connectivity index (χ1) is 16.8. The molecule has 3 aromatic rings. The van der Waals surface area contributed by atoms with Crippen LogP contribution in [0.1, 0.15) is 46.8 Å². The van der Waals surface area contributed by atoms with Crippen molar-refractivity contribution in [3.8, 4) is 0 Å². The Morgan fingerprint density at radius 1 is 1.11 bits per heavy atom. The first kappa shape index (κ1) is 23.9. The largest absolute Gasteiger partial charge is 0.368 e. The maximum Gasteiger partial charge on any atom is 0.263 e. The Kier molecular flexibility index (Phi) is 6.61. The number of hydrazine groups is 1. The van der Waals surface area contributed by atoms with Crippen LogP contribution in [0.25, 0.3) is 10.1 Å². The van der Waals surface area contributed by atoms with Gasteiger partial charge in [0, 0.05) is 57.9 Å². The molecule has 0 atom stereocenters. The first-order valence-electron chi connectivity index (χ1n) is 12.1. The molecule has 4 heterocycles. The number of likely N-dealkylation sites (N-methyl/N-ethyl adjacent to an activating group) is 1. The second kappa shape index (κ2) is 9.67. The Balaban J connectivity index is 1.49. The minimum Gasteiger partial charge on any atom is -0.368 e. The molecule has 3 aromatic heterocycles. The van der Waals surface area contributed by atoms with Gasteiger partial charge in [0.2, 0.25) is 0 Å². The second-order valence-corrected chi connectivity index (χ2v) is 10.8. The van der Waals surface area contributed by atoms with Crippen molar-refractivity contribution in [3.05, 3.63) is 40.8 Å². The lowest BCUT2D eigenvalue weighted by atomic mass is 9.94. The summed E-state index contributed by atoms with van der Waals surface area (Å²) >= 11 is 1.47. The van der Waals surface area contributed by atoms with Crippen molar-refractivity contribution in [2.24, 2.45) is 5.84 Å². The molecule has 35 heavy (non-hydrogen) atoms. The predicted molar refractivity (Wildman–Crippen MR) is 139 cm³/mol. The Labute approximate surface area is 209 Å². The molecule has 1 aliphatic carbocycles. The van der Waals surface area contributed by atoms with E-state index in [4.69, 9.17) is 5.84 Å². The molecule has 0 radical (unpaired) electrons. The van der Waals surface area contributed by atoms with E-state index in [9.17, 15) is 4.79 Å². The lowest BCUT2D eigenvalue weighted by molar-refractivity contribution is 0.0831. The van der Waals surface area contributed by atoms with Gasteiger partial charge in [-0.3, -0.25) is 4.79 Å². The molecule has 0 aromatic carbocycles. The summed E-state index contributed by atoms with van der Waals surface area (Å²) in [5.41, 5.74) is 1.83. The van der Waals surface area contributed by atoms with Crippen molar-refractivity contribution >= 4 is 44.7 Å². The standard InChI is InChI=1S/C25H32FN7OS/c1-30(2)25(34)23-22(16-6-4-5-7-16)18-13-21(28-15-20(18)35-23)33(27)24-19(26)12-17(14-29-24)32-10-8-31(3)9-11-32/h12-16H,4-11,27H2,1-3H3. The van der Waals surface area contributed by atoms with Gasteiger partial charge in [0.25, 0.3) is 5.91 Å². The molecule has 1 saturated heterocycles. The van der Waals surface area contributed by atoms with Crippen molar-refractivity contribution in [1.29, 1.82) is 0 Å². The van der Waals surface area contributed by atoms with Gasteiger partial charge in [0.1, 0.15) is 5.82 Å². The summed E-state index contributed by atoms with van der Waals surface area (Å²) < 4.78 is 16.1. The molecule has 1 amide bonds. The third kappa shape index (κ3) is 4.57. The van der Waals surface area contributed by atoms with Crippen LogP contribution in [0.15, 0.2) is 24.5 Å². The molecule has 186 valence electrons. The summed E-state index contributed by atoms with van der Waals surface area (Å²) in [6.45, 7) is 3.52. The lowest BCUT2D eigenvalue weighted by Crippen LogP contribution is -2.44. The van der Waals surface area contributed by atoms with Crippen LogP contribution in [0.2, 0.25) is 0 Å². The number of carbonyl (C=O) groups excluding carboxylic acids is 1. The summed E-state index contributed by atoms with van der Waals surface area (Å²) in [6.07, 6.45) is 7.85. The van der Waals surface area contributed by atoms with Gasteiger partial charge in [-0.2, -0.15) is 0 Å². The first-order valence-corrected chi connectivity index (χ1v) is 12.9. The number of pyridine rings is 2. The number of anilines is 3. The van der Waals surface area contributed by atoms with E-state index >= 15 is 4.39 Å². The maximum atomic E-state index is 15.2. The van der Waals surface area contributed by atoms with E-state index in [1.54, 1.807) is 31.4 Å². The number of amides is 1. The number of rotatable bonds is 5. The third-order valence-corrected chi connectivity index (χ3v) is 8.26. The highest BCUT2D eigenvalue weighted by Crippen LogP contribution is 2.44. The molecule has 10 heteroatoms. The summed E-state index contributed by atoms with van der Waals surface area (Å²) in [5.74, 6) is 6.63. The maximum absolute atomic E-state index is 15.2. The zero-order valence-electron chi connectivity index (χ0n) is 20.5. The fourth-order valence-electron chi connectivity index (χ4n) is 5.07. The van der Waals surface area contributed by atoms with Crippen LogP contribution in [0.4, 0.5) is 21.7 Å². The van der Waals surface area contributed by atoms with Crippen molar-refractivity contribution in [2.75, 3.05) is 57.2 Å². The van der Waals surface area contributed by atoms with Gasteiger partial charge in [0.15, 0.2) is 11.6 Å². The minimum atomic E-state index is -0.490. The van der Waals surface area contributed by atoms with Crippen LogP contribution in [-0.4, -0.2) is 73.0 Å². The molecule has 2 N–H and O–H groups in total. The van der Waals surface area contributed by atoms with Gasteiger partial charge in [-0.15, -0.1) is 11.3 Å². The predicted octanol–water partition coefficient (Wildman–Crippen LogP) is 3.95. The van der Waals surface area contributed by atoms with Crippen molar-refractivity contribution < 1.29 is 9.18 Å². The Hall–Kier alpha value is -2.82. The SMILES string of the molecule is CN1CCN(c2cnc(N(N)c3cc4c(C5CCCC5)c(C(=O)N(C)C)sc4cn3)c(F)c2)CC1. The van der Waals surface area contributed by atoms with Gasteiger partial charge in [-0.1, -0.05) is 12.8 Å². The number of piperazine rings is 1. The van der Waals surface area contributed by atoms with E-state index in [2.05, 4.69) is 26.8 Å². The molecule has 0 unspecified atom stereocenters. The summed E-state index contributed by atoms with van der Waals surface area (Å²) in [6, 6.07) is 3.37. The average Bonchev–Trinajstić information content (AvgIpc) is 3.50. The van der Waals surface area contributed by atoms with E-state index in [-0.39, 0.29) is 11.7 Å². The molecule has 8 nitrogen and oxygen atoms in total. The molecule has 0 bridgehead atoms. The quantitative estimate of drug-likeness (QED) is 0.422. The number of nitrogens with two attached hydrogens (primary N) is 1. The second-order valence-electron chi connectivity index (χ2n) is 9.72. The Morgan fingerprint density at radius 3 is 2.49 bits per heavy atom. The van der Waals surface area contributed by atoms with Crippen LogP contribution in [0, 0.1) is 5.82 Å². The molecule has 2 fully saturated rings. The number of fused-ring (bicyclic) bond motifs is 1. The van der Waals surface area contributed by atoms with Crippen LogP contribution >= 0.6 is 11.3 Å². The Bertz CT molecular complexity index is 1230. The number of thiophene rings is 1. The number of nitrogens with zero attached hydrogens (tertiary/aromatic N) is 6. The third-order valence-electron chi connectivity index (χ3n) is 7.11. The Morgan fingerprint density at radius 2 is 1.83 bits per heavy atom. The fourth-order valence-corrected chi connectivity index (χ4v) is 6.33. The topological polar surface area (TPSA) is 81.8 Å². The monoisotopic (exact) mass is 497 g/mol. The van der Waals surface area contributed by atoms with E-state index in [0.29, 0.717) is 11.7 Å². The van der Waals surface area contributed by atoms with Crippen LogP contribution in [0.5, 0.6) is 0 Å². The zero-order valence-corrected chi connectivity index (χ0v) is 21.3. The zero-order chi connectivity index (χ0) is 24.7. The van der Waals surface area contributed by atoms with Crippen molar-refractivity contribution in [2.45, 2.75) is 31.6 Å². The van der Waals surface area contributed by atoms with Crippen LogP contribution in [0.3, 0.4) is 0 Å². The summed E-state index contributed by atoms with van der Waals surface area (Å²) in [4.78, 5) is 28.6. The highest BCUT2D eigenvalue weighted by Gasteiger charge is 2.29. The molecule has 2 aliphatic rings. The normalized spacial score (nSPS) is 17.3. The van der Waals surface area contributed by atoms with Gasteiger partial charge < -0.3 is 14.7 Å². The van der Waals surface area contributed by atoms with Crippen LogP contribution < -0.4 is 15.8 Å². The molecule has 1 saturated carbocycles. The number of hydrogen-bond donors (Lipinski definition) is 1. The molecule has 0 spiro atoms. The highest BCUT2D eigenvalue weighted by molar-refractivity contribution is 7.21.